The maximum atomic E-state index is 12.7. The van der Waals surface area contributed by atoms with Crippen LogP contribution < -0.4 is 10.1 Å². The smallest absolute Gasteiger partial charge is 0.261 e. The Bertz CT molecular complexity index is 722. The summed E-state index contributed by atoms with van der Waals surface area (Å²) in [7, 11) is 1.54. The molecule has 5 nitrogen and oxygen atoms in total. The lowest BCUT2D eigenvalue weighted by atomic mass is 10.1. The molecule has 0 unspecified atom stereocenters. The average Bonchev–Trinajstić information content (AvgIpc) is 2.65. The lowest BCUT2D eigenvalue weighted by Gasteiger charge is -2.28. The van der Waals surface area contributed by atoms with E-state index in [1.807, 2.05) is 36.4 Å². The van der Waals surface area contributed by atoms with Gasteiger partial charge in [-0.25, -0.2) is 0 Å². The van der Waals surface area contributed by atoms with Crippen LogP contribution in [-0.2, 0) is 16.1 Å². The molecular weight excluding hydrogens is 340 g/mol. The molecule has 25 heavy (non-hydrogen) atoms. The first-order chi connectivity index (χ1) is 12.0. The Hall–Kier alpha value is -2.53. The van der Waals surface area contributed by atoms with Gasteiger partial charge in [0.15, 0.2) is 6.61 Å². The van der Waals surface area contributed by atoms with Crippen LogP contribution in [0.1, 0.15) is 12.5 Å². The minimum absolute atomic E-state index is 0.157. The van der Waals surface area contributed by atoms with Gasteiger partial charge in [-0.05, 0) is 30.7 Å². The van der Waals surface area contributed by atoms with Crippen LogP contribution in [0, 0.1) is 0 Å². The van der Waals surface area contributed by atoms with Crippen molar-refractivity contribution < 1.29 is 14.3 Å². The van der Waals surface area contributed by atoms with Gasteiger partial charge in [0.2, 0.25) is 5.91 Å². The Morgan fingerprint density at radius 2 is 1.76 bits per heavy atom. The first kappa shape index (κ1) is 18.8. The van der Waals surface area contributed by atoms with Crippen LogP contribution in [0.4, 0.5) is 0 Å². The van der Waals surface area contributed by atoms with Crippen LogP contribution in [0.25, 0.3) is 0 Å². The molecule has 0 saturated heterocycles. The molecule has 1 N–H and O–H groups in total. The van der Waals surface area contributed by atoms with E-state index in [0.29, 0.717) is 10.8 Å². The molecule has 2 rings (SSSR count). The normalized spacial score (nSPS) is 11.5. The SMILES string of the molecule is CNC(=O)[C@H](C)N(Cc1ccccc1Cl)C(=O)COc1ccccc1. The molecule has 1 atom stereocenters. The fourth-order valence-electron chi connectivity index (χ4n) is 2.35. The molecule has 2 amide bonds. The molecule has 0 fully saturated rings. The zero-order chi connectivity index (χ0) is 18.2. The van der Waals surface area contributed by atoms with E-state index in [1.54, 1.807) is 25.1 Å². The molecule has 0 radical (unpaired) electrons. The third-order valence-corrected chi connectivity index (χ3v) is 4.19. The van der Waals surface area contributed by atoms with Gasteiger partial charge in [0.1, 0.15) is 11.8 Å². The molecule has 0 aromatic heterocycles. The summed E-state index contributed by atoms with van der Waals surface area (Å²) in [6, 6.07) is 15.7. The maximum Gasteiger partial charge on any atom is 0.261 e. The van der Waals surface area contributed by atoms with E-state index >= 15 is 0 Å². The summed E-state index contributed by atoms with van der Waals surface area (Å²) in [6.45, 7) is 1.75. The lowest BCUT2D eigenvalue weighted by Crippen LogP contribution is -2.48. The number of hydrogen-bond acceptors (Lipinski definition) is 3. The van der Waals surface area contributed by atoms with Crippen LogP contribution in [-0.4, -0.2) is 36.4 Å². The van der Waals surface area contributed by atoms with Crippen molar-refractivity contribution in [1.29, 1.82) is 0 Å². The molecule has 0 aliphatic rings. The minimum Gasteiger partial charge on any atom is -0.484 e. The summed E-state index contributed by atoms with van der Waals surface area (Å²) >= 11 is 6.19. The van der Waals surface area contributed by atoms with Crippen LogP contribution in [0.15, 0.2) is 54.6 Å². The Morgan fingerprint density at radius 3 is 2.40 bits per heavy atom. The second-order valence-corrected chi connectivity index (χ2v) is 5.91. The van der Waals surface area contributed by atoms with Crippen molar-refractivity contribution in [3.05, 3.63) is 65.2 Å². The molecule has 2 aromatic rings. The summed E-state index contributed by atoms with van der Waals surface area (Å²) in [4.78, 5) is 26.2. The molecule has 0 spiro atoms. The summed E-state index contributed by atoms with van der Waals surface area (Å²) in [5, 5.41) is 3.12. The molecular formula is C19H21ClN2O3. The largest absolute Gasteiger partial charge is 0.484 e. The van der Waals surface area contributed by atoms with E-state index in [-0.39, 0.29) is 25.0 Å². The van der Waals surface area contributed by atoms with Crippen LogP contribution in [0.5, 0.6) is 5.75 Å². The summed E-state index contributed by atoms with van der Waals surface area (Å²) < 4.78 is 5.52. The third kappa shape index (κ3) is 5.22. The average molecular weight is 361 g/mol. The Kier molecular flexibility index (Phi) is 6.83. The zero-order valence-corrected chi connectivity index (χ0v) is 15.0. The fraction of sp³-hybridized carbons (Fsp3) is 0.263. The van der Waals surface area contributed by atoms with Crippen LogP contribution in [0.2, 0.25) is 5.02 Å². The molecule has 0 aliphatic heterocycles. The number of halogens is 1. The van der Waals surface area contributed by atoms with E-state index in [1.165, 1.54) is 11.9 Å². The molecule has 0 aliphatic carbocycles. The van der Waals surface area contributed by atoms with Gasteiger partial charge in [-0.1, -0.05) is 48.0 Å². The van der Waals surface area contributed by atoms with E-state index in [9.17, 15) is 9.59 Å². The molecule has 0 heterocycles. The molecule has 2 aromatic carbocycles. The first-order valence-electron chi connectivity index (χ1n) is 7.95. The minimum atomic E-state index is -0.645. The van der Waals surface area contributed by atoms with Gasteiger partial charge >= 0.3 is 0 Å². The predicted octanol–water partition coefficient (Wildman–Crippen LogP) is 2.88. The van der Waals surface area contributed by atoms with Gasteiger partial charge < -0.3 is 15.0 Å². The van der Waals surface area contributed by atoms with E-state index < -0.39 is 6.04 Å². The van der Waals surface area contributed by atoms with Gasteiger partial charge in [-0.2, -0.15) is 0 Å². The monoisotopic (exact) mass is 360 g/mol. The molecule has 132 valence electrons. The lowest BCUT2D eigenvalue weighted by molar-refractivity contribution is -0.142. The number of ether oxygens (including phenoxy) is 1. The second kappa shape index (κ2) is 9.08. The number of para-hydroxylation sites is 1. The van der Waals surface area contributed by atoms with Gasteiger partial charge in [0, 0.05) is 18.6 Å². The van der Waals surface area contributed by atoms with Crippen molar-refractivity contribution in [3.63, 3.8) is 0 Å². The Morgan fingerprint density at radius 1 is 1.12 bits per heavy atom. The number of likely N-dealkylation sites (N-methyl/N-ethyl adjacent to an activating group) is 1. The topological polar surface area (TPSA) is 58.6 Å². The third-order valence-electron chi connectivity index (χ3n) is 3.82. The summed E-state index contributed by atoms with van der Waals surface area (Å²) in [5.74, 6) is 0.0566. The first-order valence-corrected chi connectivity index (χ1v) is 8.33. The van der Waals surface area contributed by atoms with E-state index in [0.717, 1.165) is 5.56 Å². The Labute approximate surface area is 152 Å². The van der Waals surface area contributed by atoms with Gasteiger partial charge in [0.05, 0.1) is 0 Å². The Balaban J connectivity index is 2.14. The van der Waals surface area contributed by atoms with Gasteiger partial charge in [-0.15, -0.1) is 0 Å². The number of nitrogens with one attached hydrogen (secondary N) is 1. The molecule has 6 heteroatoms. The number of nitrogens with zero attached hydrogens (tertiary/aromatic N) is 1. The maximum absolute atomic E-state index is 12.7. The molecule has 0 bridgehead atoms. The number of rotatable bonds is 7. The van der Waals surface area contributed by atoms with Crippen molar-refractivity contribution in [3.8, 4) is 5.75 Å². The number of amides is 2. The highest BCUT2D eigenvalue weighted by molar-refractivity contribution is 6.31. The highest BCUT2D eigenvalue weighted by Crippen LogP contribution is 2.19. The van der Waals surface area contributed by atoms with Crippen molar-refractivity contribution >= 4 is 23.4 Å². The van der Waals surface area contributed by atoms with Crippen LogP contribution in [0.3, 0.4) is 0 Å². The molecule has 0 saturated carbocycles. The summed E-state index contributed by atoms with van der Waals surface area (Å²) in [6.07, 6.45) is 0. The second-order valence-electron chi connectivity index (χ2n) is 5.51. The van der Waals surface area contributed by atoms with Gasteiger partial charge in [-0.3, -0.25) is 9.59 Å². The van der Waals surface area contributed by atoms with Crippen molar-refractivity contribution in [2.45, 2.75) is 19.5 Å². The van der Waals surface area contributed by atoms with Crippen molar-refractivity contribution in [2.75, 3.05) is 13.7 Å². The van der Waals surface area contributed by atoms with Gasteiger partial charge in [0.25, 0.3) is 5.91 Å². The summed E-state index contributed by atoms with van der Waals surface area (Å²) in [5.41, 5.74) is 0.771. The van der Waals surface area contributed by atoms with Crippen molar-refractivity contribution in [1.82, 2.24) is 10.2 Å². The number of benzene rings is 2. The highest BCUT2D eigenvalue weighted by atomic mass is 35.5. The highest BCUT2D eigenvalue weighted by Gasteiger charge is 2.26. The zero-order valence-electron chi connectivity index (χ0n) is 14.2. The van der Waals surface area contributed by atoms with Crippen LogP contribution >= 0.6 is 11.6 Å². The fourth-order valence-corrected chi connectivity index (χ4v) is 2.54. The standard InChI is InChI=1S/C19H21ClN2O3/c1-14(19(24)21-2)22(12-15-8-6-7-11-17(15)20)18(23)13-25-16-9-4-3-5-10-16/h3-11,14H,12-13H2,1-2H3,(H,21,24)/t14-/m0/s1. The number of carbonyl (C=O) groups is 2. The number of hydrogen-bond donors (Lipinski definition) is 1. The number of carbonyl (C=O) groups excluding carboxylic acids is 2. The van der Waals surface area contributed by atoms with Crippen molar-refractivity contribution in [2.24, 2.45) is 0 Å². The van der Waals surface area contributed by atoms with E-state index in [2.05, 4.69) is 5.32 Å². The quantitative estimate of drug-likeness (QED) is 0.826. The predicted molar refractivity (Wildman–Crippen MR) is 97.5 cm³/mol. The van der Waals surface area contributed by atoms with E-state index in [4.69, 9.17) is 16.3 Å².